The van der Waals surface area contributed by atoms with Crippen LogP contribution in [0.3, 0.4) is 0 Å². The van der Waals surface area contributed by atoms with Crippen LogP contribution in [0.2, 0.25) is 0 Å². The van der Waals surface area contributed by atoms with E-state index in [0.29, 0.717) is 0 Å². The van der Waals surface area contributed by atoms with Gasteiger partial charge in [-0.05, 0) is 18.5 Å². The molecule has 2 rings (SSSR count). The molecule has 1 saturated heterocycles. The van der Waals surface area contributed by atoms with Gasteiger partial charge in [-0.2, -0.15) is 0 Å². The third-order valence-electron chi connectivity index (χ3n) is 3.78. The minimum atomic E-state index is 0.983. The monoisotopic (exact) mass is 261 g/mol. The van der Waals surface area contributed by atoms with Crippen LogP contribution in [0.4, 0.5) is 0 Å². The van der Waals surface area contributed by atoms with Crippen molar-refractivity contribution in [3.05, 3.63) is 35.9 Å². The van der Waals surface area contributed by atoms with Crippen LogP contribution in [0.15, 0.2) is 30.3 Å². The van der Waals surface area contributed by atoms with Gasteiger partial charge < -0.3 is 10.2 Å². The van der Waals surface area contributed by atoms with Crippen LogP contribution >= 0.6 is 0 Å². The van der Waals surface area contributed by atoms with E-state index in [0.717, 1.165) is 13.1 Å². The van der Waals surface area contributed by atoms with Crippen molar-refractivity contribution < 1.29 is 0 Å². The standard InChI is InChI=1S/C16H27N3/c1-2-9-18-11-13-19(14-12-18)10-8-17-15-16-6-4-3-5-7-16/h3-7,17H,2,8-15H2,1H3. The van der Waals surface area contributed by atoms with Crippen LogP contribution in [-0.2, 0) is 6.54 Å². The summed E-state index contributed by atoms with van der Waals surface area (Å²) in [6, 6.07) is 10.6. The fourth-order valence-corrected chi connectivity index (χ4v) is 2.62. The SMILES string of the molecule is CCCN1CCN(CCNCc2ccccc2)CC1. The van der Waals surface area contributed by atoms with E-state index < -0.39 is 0 Å². The Kier molecular flexibility index (Phi) is 6.34. The second-order valence-corrected chi connectivity index (χ2v) is 5.35. The number of nitrogens with zero attached hydrogens (tertiary/aromatic N) is 2. The predicted molar refractivity (Wildman–Crippen MR) is 81.3 cm³/mol. The van der Waals surface area contributed by atoms with Crippen molar-refractivity contribution in [2.24, 2.45) is 0 Å². The minimum absolute atomic E-state index is 0.983. The first-order chi connectivity index (χ1) is 9.38. The summed E-state index contributed by atoms with van der Waals surface area (Å²) in [5, 5.41) is 3.53. The summed E-state index contributed by atoms with van der Waals surface area (Å²) in [5.41, 5.74) is 1.37. The fourth-order valence-electron chi connectivity index (χ4n) is 2.62. The molecule has 1 heterocycles. The largest absolute Gasteiger partial charge is 0.311 e. The maximum atomic E-state index is 3.53. The maximum absolute atomic E-state index is 3.53. The van der Waals surface area contributed by atoms with Crippen molar-refractivity contribution in [2.45, 2.75) is 19.9 Å². The number of hydrogen-bond acceptors (Lipinski definition) is 3. The van der Waals surface area contributed by atoms with Crippen LogP contribution in [0, 0.1) is 0 Å². The van der Waals surface area contributed by atoms with Crippen LogP contribution in [0.5, 0.6) is 0 Å². The zero-order valence-electron chi connectivity index (χ0n) is 12.1. The van der Waals surface area contributed by atoms with E-state index in [-0.39, 0.29) is 0 Å². The smallest absolute Gasteiger partial charge is 0.0206 e. The van der Waals surface area contributed by atoms with Crippen LogP contribution in [0.25, 0.3) is 0 Å². The van der Waals surface area contributed by atoms with Gasteiger partial charge in [0.25, 0.3) is 0 Å². The third-order valence-corrected chi connectivity index (χ3v) is 3.78. The van der Waals surface area contributed by atoms with Gasteiger partial charge in [-0.15, -0.1) is 0 Å². The van der Waals surface area contributed by atoms with Gasteiger partial charge in [-0.1, -0.05) is 37.3 Å². The Labute approximate surface area is 117 Å². The molecule has 1 aromatic rings. The van der Waals surface area contributed by atoms with Crippen molar-refractivity contribution in [1.29, 1.82) is 0 Å². The highest BCUT2D eigenvalue weighted by atomic mass is 15.3. The molecule has 19 heavy (non-hydrogen) atoms. The molecule has 1 fully saturated rings. The van der Waals surface area contributed by atoms with Gasteiger partial charge >= 0.3 is 0 Å². The lowest BCUT2D eigenvalue weighted by molar-refractivity contribution is 0.133. The molecule has 1 aliphatic heterocycles. The van der Waals surface area contributed by atoms with Gasteiger partial charge in [-0.25, -0.2) is 0 Å². The lowest BCUT2D eigenvalue weighted by Crippen LogP contribution is -2.48. The van der Waals surface area contributed by atoms with Crippen molar-refractivity contribution in [2.75, 3.05) is 45.8 Å². The van der Waals surface area contributed by atoms with E-state index in [2.05, 4.69) is 52.4 Å². The molecule has 0 aliphatic carbocycles. The van der Waals surface area contributed by atoms with Gasteiger partial charge in [0.05, 0.1) is 0 Å². The predicted octanol–water partition coefficient (Wildman–Crippen LogP) is 1.80. The summed E-state index contributed by atoms with van der Waals surface area (Å²) >= 11 is 0. The molecule has 3 heteroatoms. The molecule has 0 aromatic heterocycles. The molecule has 0 radical (unpaired) electrons. The average molecular weight is 261 g/mol. The highest BCUT2D eigenvalue weighted by Gasteiger charge is 2.14. The Balaban J connectivity index is 1.55. The summed E-state index contributed by atoms with van der Waals surface area (Å²) in [4.78, 5) is 5.15. The molecule has 0 bridgehead atoms. The quantitative estimate of drug-likeness (QED) is 0.755. The first-order valence-electron chi connectivity index (χ1n) is 7.58. The normalized spacial score (nSPS) is 17.7. The zero-order chi connectivity index (χ0) is 13.3. The minimum Gasteiger partial charge on any atom is -0.311 e. The molecule has 0 saturated carbocycles. The summed E-state index contributed by atoms with van der Waals surface area (Å²) in [5.74, 6) is 0. The number of piperazine rings is 1. The van der Waals surface area contributed by atoms with Crippen molar-refractivity contribution in [3.8, 4) is 0 Å². The molecule has 0 unspecified atom stereocenters. The average Bonchev–Trinajstić information content (AvgIpc) is 2.47. The zero-order valence-corrected chi connectivity index (χ0v) is 12.1. The van der Waals surface area contributed by atoms with E-state index in [1.54, 1.807) is 0 Å². The number of nitrogens with one attached hydrogen (secondary N) is 1. The van der Waals surface area contributed by atoms with Crippen LogP contribution in [-0.4, -0.2) is 55.6 Å². The molecule has 0 amide bonds. The number of hydrogen-bond donors (Lipinski definition) is 1. The third kappa shape index (κ3) is 5.31. The Bertz CT molecular complexity index is 331. The highest BCUT2D eigenvalue weighted by molar-refractivity contribution is 5.14. The highest BCUT2D eigenvalue weighted by Crippen LogP contribution is 2.02. The first-order valence-corrected chi connectivity index (χ1v) is 7.58. The van der Waals surface area contributed by atoms with Gasteiger partial charge in [-0.3, -0.25) is 4.90 Å². The van der Waals surface area contributed by atoms with E-state index in [9.17, 15) is 0 Å². The lowest BCUT2D eigenvalue weighted by atomic mass is 10.2. The summed E-state index contributed by atoms with van der Waals surface area (Å²) in [7, 11) is 0. The Morgan fingerprint density at radius 1 is 0.947 bits per heavy atom. The molecular formula is C16H27N3. The van der Waals surface area contributed by atoms with Crippen molar-refractivity contribution in [1.82, 2.24) is 15.1 Å². The first kappa shape index (κ1) is 14.5. The summed E-state index contributed by atoms with van der Waals surface area (Å²) in [6.07, 6.45) is 1.28. The number of benzene rings is 1. The maximum Gasteiger partial charge on any atom is 0.0206 e. The molecule has 3 nitrogen and oxygen atoms in total. The lowest BCUT2D eigenvalue weighted by Gasteiger charge is -2.34. The van der Waals surface area contributed by atoms with E-state index in [4.69, 9.17) is 0 Å². The van der Waals surface area contributed by atoms with Gasteiger partial charge in [0.2, 0.25) is 0 Å². The fraction of sp³-hybridized carbons (Fsp3) is 0.625. The second kappa shape index (κ2) is 8.31. The van der Waals surface area contributed by atoms with Crippen LogP contribution in [0.1, 0.15) is 18.9 Å². The summed E-state index contributed by atoms with van der Waals surface area (Å²) < 4.78 is 0. The Morgan fingerprint density at radius 2 is 1.58 bits per heavy atom. The van der Waals surface area contributed by atoms with E-state index >= 15 is 0 Å². The molecule has 1 aromatic carbocycles. The second-order valence-electron chi connectivity index (χ2n) is 5.35. The topological polar surface area (TPSA) is 18.5 Å². The van der Waals surface area contributed by atoms with Gasteiger partial charge in [0.1, 0.15) is 0 Å². The number of rotatable bonds is 7. The van der Waals surface area contributed by atoms with Crippen LogP contribution < -0.4 is 5.32 Å². The summed E-state index contributed by atoms with van der Waals surface area (Å²) in [6.45, 7) is 11.7. The molecule has 106 valence electrons. The molecule has 0 spiro atoms. The Morgan fingerprint density at radius 3 is 2.21 bits per heavy atom. The van der Waals surface area contributed by atoms with E-state index in [1.165, 1.54) is 51.3 Å². The molecular weight excluding hydrogens is 234 g/mol. The molecule has 0 atom stereocenters. The molecule has 1 N–H and O–H groups in total. The van der Waals surface area contributed by atoms with Crippen molar-refractivity contribution in [3.63, 3.8) is 0 Å². The van der Waals surface area contributed by atoms with Gasteiger partial charge in [0.15, 0.2) is 0 Å². The van der Waals surface area contributed by atoms with Crippen molar-refractivity contribution >= 4 is 0 Å². The van der Waals surface area contributed by atoms with E-state index in [1.807, 2.05) is 0 Å². The Hall–Kier alpha value is -0.900. The van der Waals surface area contributed by atoms with Gasteiger partial charge in [0, 0.05) is 45.8 Å². The molecule has 1 aliphatic rings.